The Hall–Kier alpha value is -0.830. The van der Waals surface area contributed by atoms with E-state index in [-0.39, 0.29) is 0 Å². The van der Waals surface area contributed by atoms with Crippen molar-refractivity contribution in [3.8, 4) is 0 Å². The molecule has 0 rings (SSSR count). The van der Waals surface area contributed by atoms with Gasteiger partial charge in [0.15, 0.2) is 0 Å². The Morgan fingerprint density at radius 1 is 2.00 bits per heavy atom. The molecule has 0 unspecified atom stereocenters. The Balaban J connectivity index is 3.37. The molecule has 0 bridgehead atoms. The van der Waals surface area contributed by atoms with Crippen LogP contribution < -0.4 is 11.3 Å². The maximum atomic E-state index is 4.89. The van der Waals surface area contributed by atoms with E-state index in [1.807, 2.05) is 0 Å². The van der Waals surface area contributed by atoms with Crippen LogP contribution in [-0.4, -0.2) is 6.21 Å². The summed E-state index contributed by atoms with van der Waals surface area (Å²) < 4.78 is 0. The lowest BCUT2D eigenvalue weighted by Gasteiger charge is -1.91. The molecular formula is C4H9N3. The summed E-state index contributed by atoms with van der Waals surface area (Å²) in [7, 11) is 0. The number of hydrogen-bond donors (Lipinski definition) is 2. The van der Waals surface area contributed by atoms with Crippen LogP contribution >= 0.6 is 0 Å². The summed E-state index contributed by atoms with van der Waals surface area (Å²) in [5.74, 6) is 5.37. The van der Waals surface area contributed by atoms with Crippen LogP contribution in [0.3, 0.4) is 0 Å². The van der Waals surface area contributed by atoms with E-state index in [2.05, 4.69) is 17.0 Å². The molecule has 0 amide bonds. The molecule has 0 aliphatic heterocycles. The van der Waals surface area contributed by atoms with Crippen LogP contribution in [0.1, 0.15) is 6.92 Å². The minimum atomic E-state index is 0.475. The molecule has 0 saturated carbocycles. The lowest BCUT2D eigenvalue weighted by atomic mass is 10.8. The minimum Gasteiger partial charge on any atom is -0.309 e. The SMILES string of the molecule is C=C(N=CC)NN. The molecule has 0 heterocycles. The molecule has 3 N–H and O–H groups in total. The molecule has 0 spiro atoms. The molecule has 0 fully saturated rings. The maximum Gasteiger partial charge on any atom is 0.132 e. The van der Waals surface area contributed by atoms with Gasteiger partial charge in [0.25, 0.3) is 0 Å². The molecule has 0 saturated heterocycles. The number of hydrogen-bond acceptors (Lipinski definition) is 3. The second kappa shape index (κ2) is 3.36. The molecule has 0 atom stereocenters. The van der Waals surface area contributed by atoms with Crippen LogP contribution in [0.25, 0.3) is 0 Å². The van der Waals surface area contributed by atoms with Crippen molar-refractivity contribution in [3.63, 3.8) is 0 Å². The van der Waals surface area contributed by atoms with Gasteiger partial charge in [0, 0.05) is 6.21 Å². The van der Waals surface area contributed by atoms with E-state index in [4.69, 9.17) is 5.84 Å². The highest BCUT2D eigenvalue weighted by Crippen LogP contribution is 1.76. The Kier molecular flexibility index (Phi) is 2.96. The molecular weight excluding hydrogens is 90.1 g/mol. The van der Waals surface area contributed by atoms with Crippen molar-refractivity contribution in [1.82, 2.24) is 5.43 Å². The van der Waals surface area contributed by atoms with Crippen LogP contribution in [-0.2, 0) is 0 Å². The van der Waals surface area contributed by atoms with Crippen LogP contribution in [0.4, 0.5) is 0 Å². The second-order valence-electron chi connectivity index (χ2n) is 0.978. The second-order valence-corrected chi connectivity index (χ2v) is 0.978. The standard InChI is InChI=1S/C4H9N3/c1-3-6-4(2)7-5/h3,7H,2,5H2,1H3. The van der Waals surface area contributed by atoms with E-state index in [1.54, 1.807) is 13.1 Å². The number of aliphatic imine (C=N–C) groups is 1. The van der Waals surface area contributed by atoms with E-state index in [0.717, 1.165) is 0 Å². The largest absolute Gasteiger partial charge is 0.309 e. The molecule has 0 aromatic carbocycles. The lowest BCUT2D eigenvalue weighted by molar-refractivity contribution is 0.877. The van der Waals surface area contributed by atoms with Gasteiger partial charge in [-0.25, -0.2) is 10.8 Å². The van der Waals surface area contributed by atoms with Gasteiger partial charge in [0.2, 0.25) is 0 Å². The third-order valence-electron chi connectivity index (χ3n) is 0.452. The van der Waals surface area contributed by atoms with E-state index in [9.17, 15) is 0 Å². The monoisotopic (exact) mass is 99.1 g/mol. The van der Waals surface area contributed by atoms with Crippen molar-refractivity contribution < 1.29 is 0 Å². The third-order valence-corrected chi connectivity index (χ3v) is 0.452. The lowest BCUT2D eigenvalue weighted by Crippen LogP contribution is -2.18. The normalized spacial score (nSPS) is 9.43. The fourth-order valence-electron chi connectivity index (χ4n) is 0.193. The van der Waals surface area contributed by atoms with Crippen molar-refractivity contribution in [2.24, 2.45) is 10.8 Å². The molecule has 3 heteroatoms. The molecule has 0 radical (unpaired) electrons. The van der Waals surface area contributed by atoms with Gasteiger partial charge in [-0.3, -0.25) is 0 Å². The van der Waals surface area contributed by atoms with Crippen molar-refractivity contribution in [1.29, 1.82) is 0 Å². The fourth-order valence-corrected chi connectivity index (χ4v) is 0.193. The Bertz CT molecular complexity index is 84.9. The minimum absolute atomic E-state index is 0.475. The predicted molar refractivity (Wildman–Crippen MR) is 30.6 cm³/mol. The first kappa shape index (κ1) is 6.17. The molecule has 0 aliphatic rings. The molecule has 0 aromatic heterocycles. The predicted octanol–water partition coefficient (Wildman–Crippen LogP) is 0.0116. The zero-order chi connectivity index (χ0) is 5.70. The summed E-state index contributed by atoms with van der Waals surface area (Å²) in [5, 5.41) is 0. The topological polar surface area (TPSA) is 50.4 Å². The summed E-state index contributed by atoms with van der Waals surface area (Å²) in [6.45, 7) is 5.22. The summed E-state index contributed by atoms with van der Waals surface area (Å²) in [6, 6.07) is 0. The van der Waals surface area contributed by atoms with Gasteiger partial charge in [0.05, 0.1) is 0 Å². The van der Waals surface area contributed by atoms with Crippen molar-refractivity contribution >= 4 is 6.21 Å². The fraction of sp³-hybridized carbons (Fsp3) is 0.250. The highest BCUT2D eigenvalue weighted by molar-refractivity contribution is 5.54. The third kappa shape index (κ3) is 2.99. The summed E-state index contributed by atoms with van der Waals surface area (Å²) >= 11 is 0. The first-order valence-corrected chi connectivity index (χ1v) is 1.95. The molecule has 7 heavy (non-hydrogen) atoms. The van der Waals surface area contributed by atoms with E-state index < -0.39 is 0 Å². The van der Waals surface area contributed by atoms with Crippen LogP contribution in [0, 0.1) is 0 Å². The number of nitrogens with zero attached hydrogens (tertiary/aromatic N) is 1. The summed E-state index contributed by atoms with van der Waals surface area (Å²) in [6.07, 6.45) is 1.61. The Morgan fingerprint density at radius 3 is 2.71 bits per heavy atom. The Labute approximate surface area is 42.9 Å². The van der Waals surface area contributed by atoms with Gasteiger partial charge in [0.1, 0.15) is 5.82 Å². The molecule has 0 aromatic rings. The van der Waals surface area contributed by atoms with Gasteiger partial charge in [-0.2, -0.15) is 0 Å². The maximum absolute atomic E-state index is 4.89. The van der Waals surface area contributed by atoms with Crippen LogP contribution in [0.15, 0.2) is 17.4 Å². The smallest absolute Gasteiger partial charge is 0.132 e. The molecule has 0 aliphatic carbocycles. The number of nitrogens with two attached hydrogens (primary N) is 1. The van der Waals surface area contributed by atoms with Crippen LogP contribution in [0.5, 0.6) is 0 Å². The van der Waals surface area contributed by atoms with Gasteiger partial charge < -0.3 is 5.43 Å². The first-order chi connectivity index (χ1) is 3.31. The number of hydrazine groups is 1. The molecule has 3 nitrogen and oxygen atoms in total. The average molecular weight is 99.1 g/mol. The highest BCUT2D eigenvalue weighted by atomic mass is 15.3. The van der Waals surface area contributed by atoms with E-state index in [1.165, 1.54) is 0 Å². The quantitative estimate of drug-likeness (QED) is 0.291. The van der Waals surface area contributed by atoms with Crippen molar-refractivity contribution in [2.45, 2.75) is 6.92 Å². The van der Waals surface area contributed by atoms with Gasteiger partial charge in [-0.1, -0.05) is 6.58 Å². The zero-order valence-corrected chi connectivity index (χ0v) is 4.31. The van der Waals surface area contributed by atoms with Crippen molar-refractivity contribution in [3.05, 3.63) is 12.4 Å². The summed E-state index contributed by atoms with van der Waals surface area (Å²) in [4.78, 5) is 3.69. The Morgan fingerprint density at radius 2 is 2.57 bits per heavy atom. The van der Waals surface area contributed by atoms with Gasteiger partial charge in [-0.15, -0.1) is 0 Å². The van der Waals surface area contributed by atoms with Gasteiger partial charge in [-0.05, 0) is 6.92 Å². The number of nitrogens with one attached hydrogen (secondary N) is 1. The van der Waals surface area contributed by atoms with Crippen LogP contribution in [0.2, 0.25) is 0 Å². The molecule has 40 valence electrons. The summed E-state index contributed by atoms with van der Waals surface area (Å²) in [5.41, 5.74) is 2.27. The van der Waals surface area contributed by atoms with Crippen molar-refractivity contribution in [2.75, 3.05) is 0 Å². The number of rotatable bonds is 2. The van der Waals surface area contributed by atoms with E-state index >= 15 is 0 Å². The highest BCUT2D eigenvalue weighted by Gasteiger charge is 1.73. The first-order valence-electron chi connectivity index (χ1n) is 1.95. The zero-order valence-electron chi connectivity index (χ0n) is 4.31. The van der Waals surface area contributed by atoms with E-state index in [0.29, 0.717) is 5.82 Å². The average Bonchev–Trinajstić information content (AvgIpc) is 1.68. The van der Waals surface area contributed by atoms with Gasteiger partial charge >= 0.3 is 0 Å².